The van der Waals surface area contributed by atoms with Crippen molar-refractivity contribution in [1.82, 2.24) is 14.9 Å². The third-order valence-corrected chi connectivity index (χ3v) is 5.63. The van der Waals surface area contributed by atoms with Crippen LogP contribution >= 0.6 is 22.9 Å². The van der Waals surface area contributed by atoms with Crippen molar-refractivity contribution in [3.63, 3.8) is 0 Å². The van der Waals surface area contributed by atoms with Crippen LogP contribution in [-0.2, 0) is 11.3 Å². The van der Waals surface area contributed by atoms with E-state index in [0.29, 0.717) is 22.2 Å². The highest BCUT2D eigenvalue weighted by Crippen LogP contribution is 2.23. The zero-order chi connectivity index (χ0) is 18.8. The number of hydrogen-bond acceptors (Lipinski definition) is 4. The van der Waals surface area contributed by atoms with Crippen molar-refractivity contribution in [2.24, 2.45) is 0 Å². The minimum atomic E-state index is -0.166. The fourth-order valence-corrected chi connectivity index (χ4v) is 3.98. The van der Waals surface area contributed by atoms with Gasteiger partial charge in [0, 0.05) is 30.5 Å². The SMILES string of the molecule is O=C(NCc1cn(-c2ccc(N3CCCC3=O)cc2)cn1)c1ccc(Cl)s1. The second kappa shape index (κ2) is 7.54. The van der Waals surface area contributed by atoms with Crippen LogP contribution < -0.4 is 10.2 Å². The Morgan fingerprint density at radius 3 is 2.63 bits per heavy atom. The summed E-state index contributed by atoms with van der Waals surface area (Å²) in [5, 5.41) is 2.84. The van der Waals surface area contributed by atoms with Gasteiger partial charge in [-0.25, -0.2) is 4.98 Å². The van der Waals surface area contributed by atoms with Gasteiger partial charge in [0.15, 0.2) is 0 Å². The van der Waals surface area contributed by atoms with Crippen LogP contribution in [0.4, 0.5) is 5.69 Å². The van der Waals surface area contributed by atoms with Crippen LogP contribution in [0.5, 0.6) is 0 Å². The van der Waals surface area contributed by atoms with Gasteiger partial charge in [0.2, 0.25) is 5.91 Å². The summed E-state index contributed by atoms with van der Waals surface area (Å²) in [7, 11) is 0. The molecule has 1 aliphatic heterocycles. The van der Waals surface area contributed by atoms with E-state index >= 15 is 0 Å². The van der Waals surface area contributed by atoms with Gasteiger partial charge in [-0.15, -0.1) is 11.3 Å². The molecule has 0 spiro atoms. The number of hydrogen-bond donors (Lipinski definition) is 1. The first-order valence-corrected chi connectivity index (χ1v) is 9.77. The first-order chi connectivity index (χ1) is 13.1. The molecule has 0 saturated carbocycles. The smallest absolute Gasteiger partial charge is 0.261 e. The summed E-state index contributed by atoms with van der Waals surface area (Å²) in [5.41, 5.74) is 2.62. The Bertz CT molecular complexity index is 980. The monoisotopic (exact) mass is 400 g/mol. The fourth-order valence-electron chi connectivity index (χ4n) is 3.02. The molecule has 2 aromatic heterocycles. The number of rotatable bonds is 5. The van der Waals surface area contributed by atoms with E-state index in [1.807, 2.05) is 39.9 Å². The Labute approximate surface area is 165 Å². The molecule has 4 rings (SSSR count). The average molecular weight is 401 g/mol. The lowest BCUT2D eigenvalue weighted by molar-refractivity contribution is -0.117. The van der Waals surface area contributed by atoms with Crippen LogP contribution in [0.3, 0.4) is 0 Å². The molecule has 3 heterocycles. The van der Waals surface area contributed by atoms with Crippen molar-refractivity contribution in [3.05, 3.63) is 63.8 Å². The van der Waals surface area contributed by atoms with Crippen molar-refractivity contribution in [1.29, 1.82) is 0 Å². The normalized spacial score (nSPS) is 14.0. The van der Waals surface area contributed by atoms with Crippen LogP contribution in [0.25, 0.3) is 5.69 Å². The lowest BCUT2D eigenvalue weighted by atomic mass is 10.2. The Morgan fingerprint density at radius 1 is 1.19 bits per heavy atom. The predicted octanol–water partition coefficient (Wildman–Crippen LogP) is 3.64. The summed E-state index contributed by atoms with van der Waals surface area (Å²) in [6, 6.07) is 11.2. The first-order valence-electron chi connectivity index (χ1n) is 8.57. The number of carbonyl (C=O) groups excluding carboxylic acids is 2. The highest BCUT2D eigenvalue weighted by molar-refractivity contribution is 7.17. The molecule has 0 radical (unpaired) electrons. The van der Waals surface area contributed by atoms with Crippen molar-refractivity contribution in [3.8, 4) is 5.69 Å². The molecule has 6 nitrogen and oxygen atoms in total. The quantitative estimate of drug-likeness (QED) is 0.710. The predicted molar refractivity (Wildman–Crippen MR) is 106 cm³/mol. The van der Waals surface area contributed by atoms with Crippen molar-refractivity contribution < 1.29 is 9.59 Å². The Morgan fingerprint density at radius 2 is 1.96 bits per heavy atom. The van der Waals surface area contributed by atoms with E-state index in [-0.39, 0.29) is 11.8 Å². The molecule has 0 unspecified atom stereocenters. The van der Waals surface area contributed by atoms with Gasteiger partial charge in [-0.3, -0.25) is 9.59 Å². The molecule has 0 atom stereocenters. The first kappa shape index (κ1) is 17.8. The Kier molecular flexibility index (Phi) is 4.96. The topological polar surface area (TPSA) is 67.2 Å². The minimum Gasteiger partial charge on any atom is -0.346 e. The number of halogens is 1. The van der Waals surface area contributed by atoms with E-state index in [9.17, 15) is 9.59 Å². The number of aromatic nitrogens is 2. The van der Waals surface area contributed by atoms with Gasteiger partial charge in [0.25, 0.3) is 5.91 Å². The summed E-state index contributed by atoms with van der Waals surface area (Å²) >= 11 is 7.10. The Hall–Kier alpha value is -2.64. The summed E-state index contributed by atoms with van der Waals surface area (Å²) in [4.78, 5) is 30.6. The van der Waals surface area contributed by atoms with Gasteiger partial charge in [-0.1, -0.05) is 11.6 Å². The van der Waals surface area contributed by atoms with Crippen LogP contribution in [0.1, 0.15) is 28.2 Å². The van der Waals surface area contributed by atoms with Gasteiger partial charge in [0.1, 0.15) is 0 Å². The Balaban J connectivity index is 1.40. The van der Waals surface area contributed by atoms with Gasteiger partial charge >= 0.3 is 0 Å². The number of thiophene rings is 1. The third kappa shape index (κ3) is 3.89. The van der Waals surface area contributed by atoms with Crippen LogP contribution in [-0.4, -0.2) is 27.9 Å². The summed E-state index contributed by atoms with van der Waals surface area (Å²) < 4.78 is 2.47. The lowest BCUT2D eigenvalue weighted by Crippen LogP contribution is -2.23. The molecule has 138 valence electrons. The third-order valence-electron chi connectivity index (χ3n) is 4.40. The number of amides is 2. The molecular weight excluding hydrogens is 384 g/mol. The number of nitrogens with one attached hydrogen (secondary N) is 1. The second-order valence-electron chi connectivity index (χ2n) is 6.22. The number of carbonyl (C=O) groups is 2. The second-order valence-corrected chi connectivity index (χ2v) is 7.94. The molecule has 0 bridgehead atoms. The zero-order valence-corrected chi connectivity index (χ0v) is 16.0. The number of benzene rings is 1. The van der Waals surface area contributed by atoms with Gasteiger partial charge in [0.05, 0.1) is 27.8 Å². The van der Waals surface area contributed by atoms with Gasteiger partial charge in [-0.2, -0.15) is 0 Å². The van der Waals surface area contributed by atoms with Crippen molar-refractivity contribution >= 4 is 40.4 Å². The van der Waals surface area contributed by atoms with Crippen molar-refractivity contribution in [2.45, 2.75) is 19.4 Å². The lowest BCUT2D eigenvalue weighted by Gasteiger charge is -2.16. The highest BCUT2D eigenvalue weighted by atomic mass is 35.5. The van der Waals surface area contributed by atoms with E-state index in [1.165, 1.54) is 11.3 Å². The standard InChI is InChI=1S/C19H17ClN4O2S/c20-17-8-7-16(27-17)19(26)21-10-13-11-23(12-22-13)14-3-5-15(6-4-14)24-9-1-2-18(24)25/h3-8,11-12H,1-2,9-10H2,(H,21,26). The van der Waals surface area contributed by atoms with E-state index in [2.05, 4.69) is 10.3 Å². The van der Waals surface area contributed by atoms with E-state index in [1.54, 1.807) is 18.5 Å². The van der Waals surface area contributed by atoms with E-state index in [0.717, 1.165) is 30.0 Å². The van der Waals surface area contributed by atoms with E-state index < -0.39 is 0 Å². The molecule has 1 fully saturated rings. The van der Waals surface area contributed by atoms with Gasteiger partial charge in [-0.05, 0) is 42.8 Å². The maximum Gasteiger partial charge on any atom is 0.261 e. The molecule has 0 aliphatic carbocycles. The van der Waals surface area contributed by atoms with Crippen LogP contribution in [0.15, 0.2) is 48.9 Å². The minimum absolute atomic E-state index is 0.166. The maximum absolute atomic E-state index is 12.1. The fraction of sp³-hybridized carbons (Fsp3) is 0.211. The molecule has 8 heteroatoms. The summed E-state index contributed by atoms with van der Waals surface area (Å²) in [6.45, 7) is 1.12. The number of imidazole rings is 1. The number of anilines is 1. The highest BCUT2D eigenvalue weighted by Gasteiger charge is 2.21. The molecule has 1 saturated heterocycles. The molecule has 1 aliphatic rings. The molecule has 3 aromatic rings. The van der Waals surface area contributed by atoms with Crippen LogP contribution in [0.2, 0.25) is 4.34 Å². The summed E-state index contributed by atoms with van der Waals surface area (Å²) in [5.74, 6) is 0.0107. The largest absolute Gasteiger partial charge is 0.346 e. The maximum atomic E-state index is 12.1. The average Bonchev–Trinajstić information content (AvgIpc) is 3.41. The molecule has 1 aromatic carbocycles. The van der Waals surface area contributed by atoms with Crippen molar-refractivity contribution in [2.75, 3.05) is 11.4 Å². The van der Waals surface area contributed by atoms with Gasteiger partial charge < -0.3 is 14.8 Å². The van der Waals surface area contributed by atoms with E-state index in [4.69, 9.17) is 11.6 Å². The molecular formula is C19H17ClN4O2S. The molecule has 27 heavy (non-hydrogen) atoms. The number of nitrogens with zero attached hydrogens (tertiary/aromatic N) is 3. The summed E-state index contributed by atoms with van der Waals surface area (Å²) in [6.07, 6.45) is 5.11. The molecule has 1 N–H and O–H groups in total. The molecule has 2 amide bonds. The van der Waals surface area contributed by atoms with Crippen LogP contribution in [0, 0.1) is 0 Å². The zero-order valence-electron chi connectivity index (χ0n) is 14.4.